The van der Waals surface area contributed by atoms with E-state index in [4.69, 9.17) is 48.4 Å². The first kappa shape index (κ1) is 56.9. The van der Waals surface area contributed by atoms with Crippen LogP contribution in [-0.2, 0) is 4.79 Å². The number of nitrogens with one attached hydrogen (secondary N) is 2. The molecule has 5 aromatic heterocycles. The van der Waals surface area contributed by atoms with Crippen LogP contribution in [0.5, 0.6) is 28.7 Å². The van der Waals surface area contributed by atoms with Crippen molar-refractivity contribution in [1.29, 1.82) is 0 Å². The Labute approximate surface area is 515 Å². The predicted octanol–water partition coefficient (Wildman–Crippen LogP) is 16.3. The third-order valence-corrected chi connectivity index (χ3v) is 16.8. The van der Waals surface area contributed by atoms with Gasteiger partial charge in [0, 0.05) is 97.9 Å². The van der Waals surface area contributed by atoms with E-state index >= 15 is 0 Å². The van der Waals surface area contributed by atoms with Crippen LogP contribution in [0.15, 0.2) is 158 Å². The second-order valence-electron chi connectivity index (χ2n) is 21.9. The molecule has 18 heteroatoms. The lowest BCUT2D eigenvalue weighted by molar-refractivity contribution is -0.132. The number of aromatic nitrogens is 7. The third-order valence-electron chi connectivity index (χ3n) is 16.1. The number of amides is 1. The largest absolute Gasteiger partial charge is 0.508 e. The Balaban J connectivity index is 0.732. The molecule has 88 heavy (non-hydrogen) atoms. The monoisotopic (exact) mass is 1210 g/mol. The number of benzene rings is 5. The third kappa shape index (κ3) is 11.7. The van der Waals surface area contributed by atoms with Gasteiger partial charge in [-0.15, -0.1) is 0 Å². The number of aromatic amines is 2. The Bertz CT molecular complexity index is 4560. The fraction of sp³-hybridized carbons (Fsp3) is 0.157. The Morgan fingerprint density at radius 2 is 1.16 bits per heavy atom. The number of piperidine rings is 1. The van der Waals surface area contributed by atoms with Crippen molar-refractivity contribution in [1.82, 2.24) is 39.6 Å². The summed E-state index contributed by atoms with van der Waals surface area (Å²) in [5, 5.41) is 37.3. The number of aromatic hydroxyl groups is 3. The number of nitrogens with two attached hydrogens (primary N) is 1. The lowest BCUT2D eigenvalue weighted by Gasteiger charge is -2.32. The van der Waals surface area contributed by atoms with Crippen molar-refractivity contribution in [2.75, 3.05) is 25.4 Å². The number of hydrogen-bond donors (Lipinski definition) is 6. The van der Waals surface area contributed by atoms with E-state index in [-0.39, 0.29) is 45.1 Å². The molecule has 0 aliphatic carbocycles. The maximum absolute atomic E-state index is 14.3. The zero-order valence-electron chi connectivity index (χ0n) is 47.6. The molecule has 440 valence electrons. The quantitative estimate of drug-likeness (QED) is 0.0420. The molecule has 0 radical (unpaired) electrons. The van der Waals surface area contributed by atoms with Crippen molar-refractivity contribution in [3.8, 4) is 84.4 Å². The van der Waals surface area contributed by atoms with E-state index < -0.39 is 11.9 Å². The first-order chi connectivity index (χ1) is 42.8. The van der Waals surface area contributed by atoms with Gasteiger partial charge >= 0.3 is 0 Å². The van der Waals surface area contributed by atoms with Crippen LogP contribution in [0, 0.1) is 5.82 Å². The number of phenols is 3. The molecule has 1 atom stereocenters. The van der Waals surface area contributed by atoms with Gasteiger partial charge in [-0.3, -0.25) is 9.48 Å². The summed E-state index contributed by atoms with van der Waals surface area (Å²) in [5.74, 6) is 0.940. The van der Waals surface area contributed by atoms with Crippen molar-refractivity contribution >= 4 is 81.3 Å². The second kappa shape index (κ2) is 24.3. The van der Waals surface area contributed by atoms with Gasteiger partial charge in [0.25, 0.3) is 0 Å². The predicted molar refractivity (Wildman–Crippen MR) is 345 cm³/mol. The minimum Gasteiger partial charge on any atom is -0.508 e. The number of unbranched alkanes of at least 4 members (excludes halogenated alkanes) is 1. The fourth-order valence-corrected chi connectivity index (χ4v) is 12.5. The number of nitrogen functional groups attached to an aromatic ring is 1. The summed E-state index contributed by atoms with van der Waals surface area (Å²) in [4.78, 5) is 38.0. The zero-order chi connectivity index (χ0) is 60.6. The summed E-state index contributed by atoms with van der Waals surface area (Å²) in [5.41, 5.74) is 19.8. The van der Waals surface area contributed by atoms with Crippen LogP contribution >= 0.6 is 23.2 Å². The topological polar surface area (TPSA) is 214 Å². The average Bonchev–Trinajstić information content (AvgIpc) is 1.82. The van der Waals surface area contributed by atoms with Crippen molar-refractivity contribution in [2.24, 2.45) is 0 Å². The van der Waals surface area contributed by atoms with Crippen molar-refractivity contribution in [2.45, 2.75) is 51.2 Å². The van der Waals surface area contributed by atoms with Gasteiger partial charge in [-0.25, -0.2) is 19.3 Å². The average molecular weight is 1210 g/mol. The maximum atomic E-state index is 14.3. The number of rotatable bonds is 15. The number of fused-ring (bicyclic) bond motifs is 8. The molecule has 0 saturated carbocycles. The van der Waals surface area contributed by atoms with E-state index in [1.165, 1.54) is 12.1 Å². The SMILES string of the molecule is CC(Oc1cc(-c2cnn(C3CCN(C(=O)CCCCOc4cccc(-c5c6nc(c(-c7cccc(O)c7)c7ccc([nH]7)c(-c7cccc(O)c7)c7nc(c(-c8cccc(O)c8)c8ccc5[nH]8)C=C7)C=C6)c4)CC3)c2)cnc1N)c1c(Cl)ccc(F)c1Cl. The van der Waals surface area contributed by atoms with Crippen LogP contribution in [0.2, 0.25) is 10.0 Å². The normalized spacial score (nSPS) is 13.5. The molecule has 3 aliphatic heterocycles. The lowest BCUT2D eigenvalue weighted by Crippen LogP contribution is -2.39. The van der Waals surface area contributed by atoms with E-state index in [2.05, 4.69) is 20.1 Å². The Kier molecular flexibility index (Phi) is 15.7. The Morgan fingerprint density at radius 1 is 0.648 bits per heavy atom. The molecule has 10 aromatic rings. The standard InChI is InChI=1S/C70H58Cl2FN9O6/c1-40(64-52(71)17-18-53(73)69(64)72)88-62-36-45(37-75-70(62)74)46-38-76-82(39-46)47-27-29-81(30-28-47)63(86)16-2-3-31-87-51-15-7-11-44(35-51)68-60-25-23-58(79-60)66(42-9-5-13-49(84)33-42)56-21-19-54(77-56)65(41-8-4-12-48(83)32-41)55-20-22-57(78-55)67(59-24-26-61(68)80-59)43-10-6-14-50(85)34-43/h4-15,17-26,32-40,47,77,80,83-85H,2-3,16,27-31H2,1H3,(H2,74,75). The van der Waals surface area contributed by atoms with Gasteiger partial charge in [0.2, 0.25) is 5.91 Å². The highest BCUT2D eigenvalue weighted by Gasteiger charge is 2.26. The van der Waals surface area contributed by atoms with E-state index in [0.717, 1.165) is 90.5 Å². The number of carbonyl (C=O) groups excluding carboxylic acids is 1. The molecule has 15 nitrogen and oxygen atoms in total. The number of halogens is 3. The molecular weight excluding hydrogens is 1150 g/mol. The van der Waals surface area contributed by atoms with Gasteiger partial charge in [-0.2, -0.15) is 5.10 Å². The van der Waals surface area contributed by atoms with E-state index in [1.807, 2.05) is 119 Å². The molecule has 5 aromatic carbocycles. The highest BCUT2D eigenvalue weighted by Crippen LogP contribution is 2.42. The summed E-state index contributed by atoms with van der Waals surface area (Å²) in [6.07, 6.45) is 15.7. The molecule has 0 spiro atoms. The molecule has 3 aliphatic rings. The lowest BCUT2D eigenvalue weighted by atomic mass is 10.0. The number of nitrogens with zero attached hydrogens (tertiary/aromatic N) is 6. The summed E-state index contributed by atoms with van der Waals surface area (Å²) in [7, 11) is 0. The number of H-pyrrole nitrogens is 2. The first-order valence-corrected chi connectivity index (χ1v) is 29.7. The van der Waals surface area contributed by atoms with E-state index in [1.54, 1.807) is 67.8 Å². The zero-order valence-corrected chi connectivity index (χ0v) is 49.1. The van der Waals surface area contributed by atoms with Crippen LogP contribution in [0.25, 0.3) is 102 Å². The minimum atomic E-state index is -0.720. The van der Waals surface area contributed by atoms with Gasteiger partial charge in [-0.1, -0.05) is 71.7 Å². The van der Waals surface area contributed by atoms with Crippen LogP contribution in [0.1, 0.15) is 79.5 Å². The van der Waals surface area contributed by atoms with Crippen LogP contribution in [0.3, 0.4) is 0 Å². The number of phenolic OH excluding ortho intramolecular Hbond substituents is 3. The highest BCUT2D eigenvalue weighted by atomic mass is 35.5. The minimum absolute atomic E-state index is 0.0939. The van der Waals surface area contributed by atoms with Crippen LogP contribution in [-0.4, -0.2) is 80.5 Å². The van der Waals surface area contributed by atoms with Crippen molar-refractivity contribution < 1.29 is 34.0 Å². The Morgan fingerprint density at radius 3 is 1.68 bits per heavy atom. The molecule has 13 rings (SSSR count). The molecule has 1 amide bonds. The van der Waals surface area contributed by atoms with E-state index in [9.17, 15) is 24.5 Å². The second-order valence-corrected chi connectivity index (χ2v) is 22.7. The van der Waals surface area contributed by atoms with Crippen LogP contribution in [0.4, 0.5) is 10.2 Å². The van der Waals surface area contributed by atoms with Gasteiger partial charge in [0.05, 0.1) is 46.6 Å². The van der Waals surface area contributed by atoms with Crippen LogP contribution < -0.4 is 15.2 Å². The maximum Gasteiger partial charge on any atom is 0.222 e. The molecule has 1 saturated heterocycles. The fourth-order valence-electron chi connectivity index (χ4n) is 11.8. The number of hydrogen-bond acceptors (Lipinski definition) is 11. The number of carbonyl (C=O) groups is 1. The number of pyridine rings is 1. The van der Waals surface area contributed by atoms with Crippen molar-refractivity contribution in [3.05, 3.63) is 202 Å². The molecule has 8 bridgehead atoms. The molecule has 1 fully saturated rings. The number of ether oxygens (including phenoxy) is 2. The van der Waals surface area contributed by atoms with Crippen molar-refractivity contribution in [3.63, 3.8) is 0 Å². The van der Waals surface area contributed by atoms with Gasteiger partial charge in [0.1, 0.15) is 34.9 Å². The molecule has 1 unspecified atom stereocenters. The van der Waals surface area contributed by atoms with Gasteiger partial charge in [0.15, 0.2) is 11.6 Å². The Hall–Kier alpha value is -10.2. The summed E-state index contributed by atoms with van der Waals surface area (Å²) in [6.45, 7) is 3.32. The smallest absolute Gasteiger partial charge is 0.222 e. The molecule has 8 heterocycles. The number of likely N-dealkylation sites (tertiary alicyclic amines) is 1. The first-order valence-electron chi connectivity index (χ1n) is 28.9. The number of anilines is 1. The summed E-state index contributed by atoms with van der Waals surface area (Å²) >= 11 is 12.6. The summed E-state index contributed by atoms with van der Waals surface area (Å²) in [6, 6.07) is 41.7. The summed E-state index contributed by atoms with van der Waals surface area (Å²) < 4.78 is 28.8. The highest BCUT2D eigenvalue weighted by molar-refractivity contribution is 6.36. The molecular formula is C70H58Cl2FN9O6. The van der Waals surface area contributed by atoms with Gasteiger partial charge < -0.3 is 45.4 Å². The van der Waals surface area contributed by atoms with E-state index in [0.29, 0.717) is 78.8 Å². The molecule has 7 N–H and O–H groups in total. The van der Waals surface area contributed by atoms with Gasteiger partial charge in [-0.05, 0) is 170 Å².